The smallest absolute Gasteiger partial charge is 0.318 e. The van der Waals surface area contributed by atoms with Gasteiger partial charge in [-0.3, -0.25) is 0 Å². The summed E-state index contributed by atoms with van der Waals surface area (Å²) in [6.07, 6.45) is 0. The summed E-state index contributed by atoms with van der Waals surface area (Å²) in [7, 11) is 1.58. The molecule has 2 aliphatic heterocycles. The van der Waals surface area contributed by atoms with Crippen LogP contribution in [0.15, 0.2) is 24.3 Å². The van der Waals surface area contributed by atoms with Crippen molar-refractivity contribution in [3.05, 3.63) is 30.1 Å². The number of carbonyl (C=O) groups is 1. The van der Waals surface area contributed by atoms with Crippen LogP contribution in [0.4, 0.5) is 16.3 Å². The van der Waals surface area contributed by atoms with E-state index in [4.69, 9.17) is 24.4 Å². The van der Waals surface area contributed by atoms with Crippen LogP contribution in [0.5, 0.6) is 0 Å². The molecule has 2 amide bonds. The second-order valence-corrected chi connectivity index (χ2v) is 8.37. The standard InChI is InChI=1S/C22H27N7O3/c1-22(2)20-25-16-18(28-8-11-31-12-9-28)26-17(27-19(16)29(20)10-13-32-22)14-4-6-15(7-5-14)24-21(30)23-3/h4-7H,8-13H2,1-3H3,(H2,23,24,30). The number of urea groups is 1. The molecule has 5 rings (SSSR count). The fraction of sp³-hybridized carbons (Fsp3) is 0.455. The maximum atomic E-state index is 11.6. The van der Waals surface area contributed by atoms with Crippen LogP contribution < -0.4 is 15.5 Å². The highest BCUT2D eigenvalue weighted by Crippen LogP contribution is 2.35. The first-order valence-corrected chi connectivity index (χ1v) is 10.8. The Bertz CT molecular complexity index is 1150. The number of hydrogen-bond acceptors (Lipinski definition) is 7. The van der Waals surface area contributed by atoms with Crippen LogP contribution in [0.3, 0.4) is 0 Å². The van der Waals surface area contributed by atoms with Gasteiger partial charge in [-0.05, 0) is 38.1 Å². The molecule has 1 aromatic carbocycles. The van der Waals surface area contributed by atoms with Crippen molar-refractivity contribution in [2.24, 2.45) is 0 Å². The quantitative estimate of drug-likeness (QED) is 0.648. The van der Waals surface area contributed by atoms with Gasteiger partial charge in [0, 0.05) is 37.9 Å². The van der Waals surface area contributed by atoms with Crippen molar-refractivity contribution in [2.45, 2.75) is 26.0 Å². The average Bonchev–Trinajstić information content (AvgIpc) is 3.20. The molecule has 0 bridgehead atoms. The summed E-state index contributed by atoms with van der Waals surface area (Å²) in [5.74, 6) is 2.31. The molecule has 2 aromatic heterocycles. The number of imidazole rings is 1. The maximum absolute atomic E-state index is 11.6. The van der Waals surface area contributed by atoms with E-state index in [1.54, 1.807) is 7.05 Å². The molecular weight excluding hydrogens is 410 g/mol. The van der Waals surface area contributed by atoms with Gasteiger partial charge < -0.3 is 29.6 Å². The van der Waals surface area contributed by atoms with Crippen LogP contribution >= 0.6 is 0 Å². The number of nitrogens with one attached hydrogen (secondary N) is 2. The lowest BCUT2D eigenvalue weighted by Crippen LogP contribution is -2.37. The van der Waals surface area contributed by atoms with Crippen LogP contribution in [0.25, 0.3) is 22.6 Å². The number of carbonyl (C=O) groups excluding carboxylic acids is 1. The summed E-state index contributed by atoms with van der Waals surface area (Å²) in [6.45, 7) is 8.19. The summed E-state index contributed by atoms with van der Waals surface area (Å²) in [5.41, 5.74) is 2.68. The van der Waals surface area contributed by atoms with Crippen LogP contribution in [0.2, 0.25) is 0 Å². The normalized spacial score (nSPS) is 17.8. The van der Waals surface area contributed by atoms with Gasteiger partial charge in [-0.2, -0.15) is 0 Å². The first-order valence-electron chi connectivity index (χ1n) is 10.8. The number of nitrogens with zero attached hydrogens (tertiary/aromatic N) is 5. The zero-order valence-electron chi connectivity index (χ0n) is 18.5. The van der Waals surface area contributed by atoms with Crippen molar-refractivity contribution < 1.29 is 14.3 Å². The molecule has 10 heteroatoms. The Morgan fingerprint density at radius 1 is 1.03 bits per heavy atom. The number of aromatic nitrogens is 4. The third kappa shape index (κ3) is 3.65. The second kappa shape index (κ2) is 8.03. The predicted octanol–water partition coefficient (Wildman–Crippen LogP) is 2.35. The van der Waals surface area contributed by atoms with E-state index in [9.17, 15) is 4.79 Å². The monoisotopic (exact) mass is 437 g/mol. The Morgan fingerprint density at radius 3 is 2.50 bits per heavy atom. The Morgan fingerprint density at radius 2 is 1.78 bits per heavy atom. The fourth-order valence-electron chi connectivity index (χ4n) is 4.14. The first-order chi connectivity index (χ1) is 15.5. The number of hydrogen-bond donors (Lipinski definition) is 2. The predicted molar refractivity (Wildman–Crippen MR) is 121 cm³/mol. The van der Waals surface area contributed by atoms with E-state index in [1.807, 2.05) is 38.1 Å². The first kappa shape index (κ1) is 20.7. The van der Waals surface area contributed by atoms with E-state index in [1.165, 1.54) is 0 Å². The van der Waals surface area contributed by atoms with Crippen molar-refractivity contribution in [2.75, 3.05) is 50.2 Å². The van der Waals surface area contributed by atoms with Crippen molar-refractivity contribution in [3.8, 4) is 11.4 Å². The topological polar surface area (TPSA) is 106 Å². The molecule has 2 aliphatic rings. The van der Waals surface area contributed by atoms with E-state index >= 15 is 0 Å². The van der Waals surface area contributed by atoms with Gasteiger partial charge in [-0.1, -0.05) is 0 Å². The third-order valence-electron chi connectivity index (χ3n) is 5.83. The van der Waals surface area contributed by atoms with Gasteiger partial charge >= 0.3 is 6.03 Å². The van der Waals surface area contributed by atoms with Gasteiger partial charge in [0.25, 0.3) is 0 Å². The Labute approximate surface area is 185 Å². The minimum absolute atomic E-state index is 0.263. The highest BCUT2D eigenvalue weighted by molar-refractivity contribution is 5.89. The summed E-state index contributed by atoms with van der Waals surface area (Å²) in [6, 6.07) is 7.25. The lowest BCUT2D eigenvalue weighted by Gasteiger charge is -2.30. The van der Waals surface area contributed by atoms with Crippen LogP contribution in [-0.2, 0) is 21.6 Å². The van der Waals surface area contributed by atoms with Gasteiger partial charge in [0.15, 0.2) is 22.8 Å². The van der Waals surface area contributed by atoms with Crippen molar-refractivity contribution >= 4 is 28.7 Å². The van der Waals surface area contributed by atoms with E-state index in [-0.39, 0.29) is 6.03 Å². The summed E-state index contributed by atoms with van der Waals surface area (Å²) >= 11 is 0. The summed E-state index contributed by atoms with van der Waals surface area (Å²) in [5, 5.41) is 5.31. The second-order valence-electron chi connectivity index (χ2n) is 8.37. The lowest BCUT2D eigenvalue weighted by atomic mass is 10.1. The Balaban J connectivity index is 1.62. The molecule has 0 unspecified atom stereocenters. The molecule has 0 radical (unpaired) electrons. The highest BCUT2D eigenvalue weighted by atomic mass is 16.5. The van der Waals surface area contributed by atoms with Gasteiger partial charge in [0.2, 0.25) is 0 Å². The molecule has 10 nitrogen and oxygen atoms in total. The third-order valence-corrected chi connectivity index (χ3v) is 5.83. The number of benzene rings is 1. The number of ether oxygens (including phenoxy) is 2. The maximum Gasteiger partial charge on any atom is 0.318 e. The summed E-state index contributed by atoms with van der Waals surface area (Å²) in [4.78, 5) is 28.6. The molecule has 168 valence electrons. The molecule has 1 saturated heterocycles. The lowest BCUT2D eigenvalue weighted by molar-refractivity contribution is -0.0530. The molecule has 32 heavy (non-hydrogen) atoms. The summed E-state index contributed by atoms with van der Waals surface area (Å²) < 4.78 is 13.7. The van der Waals surface area contributed by atoms with Gasteiger partial charge in [-0.15, -0.1) is 0 Å². The van der Waals surface area contributed by atoms with E-state index in [0.29, 0.717) is 37.9 Å². The molecular formula is C22H27N7O3. The zero-order chi connectivity index (χ0) is 22.3. The highest BCUT2D eigenvalue weighted by Gasteiger charge is 2.34. The zero-order valence-corrected chi connectivity index (χ0v) is 18.5. The Hall–Kier alpha value is -3.24. The van der Waals surface area contributed by atoms with E-state index in [0.717, 1.165) is 41.5 Å². The molecule has 1 fully saturated rings. The number of rotatable bonds is 3. The number of morpholine rings is 1. The van der Waals surface area contributed by atoms with Crippen LogP contribution in [0, 0.1) is 0 Å². The molecule has 4 heterocycles. The van der Waals surface area contributed by atoms with E-state index in [2.05, 4.69) is 20.1 Å². The van der Waals surface area contributed by atoms with Crippen LogP contribution in [0.1, 0.15) is 19.7 Å². The number of amides is 2. The SMILES string of the molecule is CNC(=O)Nc1ccc(-c2nc(N3CCOCC3)c3nc4n(c3n2)CCOC4(C)C)cc1. The Kier molecular flexibility index (Phi) is 5.18. The van der Waals surface area contributed by atoms with Crippen LogP contribution in [-0.4, -0.2) is 65.5 Å². The minimum atomic E-state index is -0.492. The number of fused-ring (bicyclic) bond motifs is 3. The van der Waals surface area contributed by atoms with Crippen molar-refractivity contribution in [1.82, 2.24) is 24.8 Å². The number of anilines is 2. The van der Waals surface area contributed by atoms with Gasteiger partial charge in [-0.25, -0.2) is 19.7 Å². The van der Waals surface area contributed by atoms with Crippen molar-refractivity contribution in [3.63, 3.8) is 0 Å². The molecule has 2 N–H and O–H groups in total. The largest absolute Gasteiger partial charge is 0.378 e. The fourth-order valence-corrected chi connectivity index (χ4v) is 4.14. The average molecular weight is 438 g/mol. The van der Waals surface area contributed by atoms with Gasteiger partial charge in [0.05, 0.1) is 19.8 Å². The van der Waals surface area contributed by atoms with Gasteiger partial charge in [0.1, 0.15) is 11.4 Å². The van der Waals surface area contributed by atoms with E-state index < -0.39 is 5.60 Å². The molecule has 0 spiro atoms. The molecule has 3 aromatic rings. The molecule has 0 saturated carbocycles. The molecule has 0 aliphatic carbocycles. The van der Waals surface area contributed by atoms with Crippen molar-refractivity contribution in [1.29, 1.82) is 0 Å². The minimum Gasteiger partial charge on any atom is -0.378 e. The molecule has 0 atom stereocenters.